The Morgan fingerprint density at radius 3 is 2.29 bits per heavy atom. The molecule has 31 heavy (non-hydrogen) atoms. The van der Waals surface area contributed by atoms with Crippen LogP contribution in [-0.2, 0) is 9.59 Å². The topological polar surface area (TPSA) is 76.2 Å². The largest absolute Gasteiger partial charge is 0.493 e. The number of hydrogen-bond donors (Lipinski definition) is 0. The number of rotatable bonds is 7. The lowest BCUT2D eigenvalue weighted by Crippen LogP contribution is -2.55. The van der Waals surface area contributed by atoms with Crippen LogP contribution in [0.25, 0.3) is 0 Å². The fraction of sp³-hybridized carbons (Fsp3) is 0.375. The predicted molar refractivity (Wildman–Crippen MR) is 117 cm³/mol. The number of hydrogen-bond acceptors (Lipinski definition) is 5. The summed E-state index contributed by atoms with van der Waals surface area (Å²) in [4.78, 5) is 42.5. The van der Waals surface area contributed by atoms with Crippen LogP contribution in [0.5, 0.6) is 11.5 Å². The minimum absolute atomic E-state index is 0.0593. The van der Waals surface area contributed by atoms with Crippen molar-refractivity contribution >= 4 is 23.4 Å². The summed E-state index contributed by atoms with van der Waals surface area (Å²) in [6.45, 7) is 5.74. The van der Waals surface area contributed by atoms with Crippen LogP contribution in [0.4, 0.5) is 5.69 Å². The third-order valence-corrected chi connectivity index (χ3v) is 5.82. The fourth-order valence-corrected chi connectivity index (χ4v) is 3.78. The first-order chi connectivity index (χ1) is 14.7. The lowest BCUT2D eigenvalue weighted by atomic mass is 9.94. The smallest absolute Gasteiger partial charge is 0.257 e. The molecule has 0 spiro atoms. The maximum Gasteiger partial charge on any atom is 0.257 e. The van der Waals surface area contributed by atoms with Crippen molar-refractivity contribution in [1.29, 1.82) is 0 Å². The first-order valence-electron chi connectivity index (χ1n) is 10.2. The van der Waals surface area contributed by atoms with E-state index in [9.17, 15) is 14.4 Å². The van der Waals surface area contributed by atoms with Crippen molar-refractivity contribution < 1.29 is 23.9 Å². The average molecular weight is 424 g/mol. The SMILES string of the molecule is CCC(C)(C)N(C(=O)c1ccc(OC)c(OC)c1)C1CC(=O)N(c2ccccc2)C1=O. The molecule has 1 fully saturated rings. The minimum atomic E-state index is -0.886. The van der Waals surface area contributed by atoms with Crippen LogP contribution in [-0.4, -0.2) is 48.4 Å². The van der Waals surface area contributed by atoms with Crippen LogP contribution in [0.15, 0.2) is 48.5 Å². The van der Waals surface area contributed by atoms with Crippen molar-refractivity contribution in [3.63, 3.8) is 0 Å². The van der Waals surface area contributed by atoms with Gasteiger partial charge in [0.05, 0.1) is 26.3 Å². The van der Waals surface area contributed by atoms with Gasteiger partial charge in [-0.1, -0.05) is 25.1 Å². The zero-order valence-electron chi connectivity index (χ0n) is 18.5. The summed E-state index contributed by atoms with van der Waals surface area (Å²) in [5.74, 6) is -0.135. The molecule has 2 aromatic carbocycles. The Balaban J connectivity index is 2.02. The molecular formula is C24H28N2O5. The normalized spacial score (nSPS) is 16.4. The van der Waals surface area contributed by atoms with Crippen molar-refractivity contribution in [1.82, 2.24) is 4.90 Å². The Labute approximate surface area is 182 Å². The molecule has 164 valence electrons. The molecule has 1 heterocycles. The van der Waals surface area contributed by atoms with Gasteiger partial charge in [-0.15, -0.1) is 0 Å². The number of para-hydroxylation sites is 1. The van der Waals surface area contributed by atoms with Crippen molar-refractivity contribution in [2.75, 3.05) is 19.1 Å². The summed E-state index contributed by atoms with van der Waals surface area (Å²) in [6, 6.07) is 12.8. The van der Waals surface area contributed by atoms with E-state index in [1.165, 1.54) is 24.0 Å². The van der Waals surface area contributed by atoms with Crippen LogP contribution in [0.1, 0.15) is 44.0 Å². The van der Waals surface area contributed by atoms with Crippen molar-refractivity contribution in [3.05, 3.63) is 54.1 Å². The fourth-order valence-electron chi connectivity index (χ4n) is 3.78. The lowest BCUT2D eigenvalue weighted by molar-refractivity contribution is -0.123. The second kappa shape index (κ2) is 8.79. The number of ether oxygens (including phenoxy) is 2. The van der Waals surface area contributed by atoms with Gasteiger partial charge in [0.1, 0.15) is 6.04 Å². The number of imide groups is 1. The molecule has 1 atom stereocenters. The highest BCUT2D eigenvalue weighted by molar-refractivity contribution is 6.23. The lowest BCUT2D eigenvalue weighted by Gasteiger charge is -2.41. The van der Waals surface area contributed by atoms with E-state index in [4.69, 9.17) is 9.47 Å². The van der Waals surface area contributed by atoms with Gasteiger partial charge in [0.15, 0.2) is 11.5 Å². The van der Waals surface area contributed by atoms with Gasteiger partial charge < -0.3 is 14.4 Å². The Bertz CT molecular complexity index is 987. The van der Waals surface area contributed by atoms with Crippen LogP contribution in [0.2, 0.25) is 0 Å². The standard InChI is InChI=1S/C24H28N2O5/c1-6-24(2,3)26(22(28)16-12-13-19(30-4)20(14-16)31-5)18-15-21(27)25(23(18)29)17-10-8-7-9-11-17/h7-14,18H,6,15H2,1-5H3. The number of methoxy groups -OCH3 is 2. The van der Waals surface area contributed by atoms with E-state index in [-0.39, 0.29) is 18.2 Å². The predicted octanol–water partition coefficient (Wildman–Crippen LogP) is 3.67. The molecule has 3 rings (SSSR count). The molecule has 0 aliphatic carbocycles. The van der Waals surface area contributed by atoms with Crippen molar-refractivity contribution in [2.24, 2.45) is 0 Å². The van der Waals surface area contributed by atoms with Gasteiger partial charge in [0, 0.05) is 11.1 Å². The molecule has 1 aliphatic heterocycles. The highest BCUT2D eigenvalue weighted by atomic mass is 16.5. The quantitative estimate of drug-likeness (QED) is 0.634. The molecule has 0 bridgehead atoms. The monoisotopic (exact) mass is 424 g/mol. The van der Waals surface area contributed by atoms with E-state index in [2.05, 4.69) is 0 Å². The molecule has 1 unspecified atom stereocenters. The van der Waals surface area contributed by atoms with Crippen molar-refractivity contribution in [2.45, 2.75) is 45.2 Å². The zero-order chi connectivity index (χ0) is 22.8. The Morgan fingerprint density at radius 2 is 1.71 bits per heavy atom. The van der Waals surface area contributed by atoms with Crippen LogP contribution in [0.3, 0.4) is 0 Å². The number of benzene rings is 2. The molecule has 1 aliphatic rings. The molecule has 7 heteroatoms. The second-order valence-corrected chi connectivity index (χ2v) is 8.03. The van der Waals surface area contributed by atoms with E-state index in [1.54, 1.807) is 42.5 Å². The van der Waals surface area contributed by atoms with Gasteiger partial charge in [-0.25, -0.2) is 4.90 Å². The second-order valence-electron chi connectivity index (χ2n) is 8.03. The average Bonchev–Trinajstić information content (AvgIpc) is 3.06. The van der Waals surface area contributed by atoms with Gasteiger partial charge in [0.25, 0.3) is 11.8 Å². The first kappa shape index (κ1) is 22.3. The summed E-state index contributed by atoms with van der Waals surface area (Å²) in [5.41, 5.74) is 0.211. The Hall–Kier alpha value is -3.35. The summed E-state index contributed by atoms with van der Waals surface area (Å²) in [6.07, 6.45) is 0.547. The van der Waals surface area contributed by atoms with Gasteiger partial charge in [-0.2, -0.15) is 0 Å². The third-order valence-electron chi connectivity index (χ3n) is 5.82. The van der Waals surface area contributed by atoms with Gasteiger partial charge in [-0.3, -0.25) is 14.4 Å². The maximum absolute atomic E-state index is 13.6. The van der Waals surface area contributed by atoms with Gasteiger partial charge in [-0.05, 0) is 50.6 Å². The van der Waals surface area contributed by atoms with E-state index in [1.807, 2.05) is 26.8 Å². The van der Waals surface area contributed by atoms with Crippen LogP contribution >= 0.6 is 0 Å². The minimum Gasteiger partial charge on any atom is -0.493 e. The van der Waals surface area contributed by atoms with Crippen LogP contribution in [0, 0.1) is 0 Å². The first-order valence-corrected chi connectivity index (χ1v) is 10.2. The number of carbonyl (C=O) groups is 3. The summed E-state index contributed by atoms with van der Waals surface area (Å²) < 4.78 is 10.6. The molecule has 7 nitrogen and oxygen atoms in total. The molecule has 1 saturated heterocycles. The molecule has 0 N–H and O–H groups in total. The summed E-state index contributed by atoms with van der Waals surface area (Å²) >= 11 is 0. The Kier molecular flexibility index (Phi) is 6.34. The van der Waals surface area contributed by atoms with Crippen molar-refractivity contribution in [3.8, 4) is 11.5 Å². The molecular weight excluding hydrogens is 396 g/mol. The highest BCUT2D eigenvalue weighted by Gasteiger charge is 2.48. The highest BCUT2D eigenvalue weighted by Crippen LogP contribution is 2.34. The third kappa shape index (κ3) is 4.13. The summed E-state index contributed by atoms with van der Waals surface area (Å²) in [7, 11) is 3.02. The maximum atomic E-state index is 13.6. The van der Waals surface area contributed by atoms with Gasteiger partial charge >= 0.3 is 0 Å². The number of nitrogens with zero attached hydrogens (tertiary/aromatic N) is 2. The van der Waals surface area contributed by atoms with E-state index in [0.717, 1.165) is 0 Å². The van der Waals surface area contributed by atoms with E-state index < -0.39 is 17.5 Å². The summed E-state index contributed by atoms with van der Waals surface area (Å²) in [5, 5.41) is 0. The Morgan fingerprint density at radius 1 is 1.06 bits per heavy atom. The molecule has 3 amide bonds. The molecule has 0 aromatic heterocycles. The molecule has 2 aromatic rings. The van der Waals surface area contributed by atoms with Gasteiger partial charge in [0.2, 0.25) is 5.91 Å². The number of carbonyl (C=O) groups excluding carboxylic acids is 3. The van der Waals surface area contributed by atoms with E-state index >= 15 is 0 Å². The van der Waals surface area contributed by atoms with E-state index in [0.29, 0.717) is 29.2 Å². The zero-order valence-corrected chi connectivity index (χ0v) is 18.5. The molecule has 0 saturated carbocycles. The number of amides is 3. The number of anilines is 1. The molecule has 0 radical (unpaired) electrons. The van der Waals surface area contributed by atoms with Crippen LogP contribution < -0.4 is 14.4 Å².